The van der Waals surface area contributed by atoms with E-state index in [1.54, 1.807) is 11.3 Å². The van der Waals surface area contributed by atoms with Crippen molar-refractivity contribution in [3.05, 3.63) is 22.0 Å². The van der Waals surface area contributed by atoms with Crippen LogP contribution in [0.15, 0.2) is 17.1 Å². The molecule has 1 N–H and O–H groups in total. The van der Waals surface area contributed by atoms with E-state index in [4.69, 9.17) is 0 Å². The van der Waals surface area contributed by atoms with Crippen LogP contribution < -0.4 is 10.2 Å². The maximum atomic E-state index is 11.8. The minimum Gasteiger partial charge on any atom is -0.354 e. The lowest BCUT2D eigenvalue weighted by atomic mass is 10.4. The molecular weight excluding hydrogens is 334 g/mol. The largest absolute Gasteiger partial charge is 0.354 e. The summed E-state index contributed by atoms with van der Waals surface area (Å²) in [6, 6.07) is 1.89. The van der Waals surface area contributed by atoms with Gasteiger partial charge in [0.25, 0.3) is 5.91 Å². The Morgan fingerprint density at radius 1 is 1.56 bits per heavy atom. The highest BCUT2D eigenvalue weighted by Crippen LogP contribution is 2.33. The fourth-order valence-electron chi connectivity index (χ4n) is 1.29. The monoisotopic (exact) mass is 345 g/mol. The van der Waals surface area contributed by atoms with Crippen molar-refractivity contribution in [3.8, 4) is 0 Å². The van der Waals surface area contributed by atoms with Gasteiger partial charge in [-0.1, -0.05) is 33.8 Å². The number of hydrogen-bond donors (Lipinski definition) is 1. The van der Waals surface area contributed by atoms with Crippen molar-refractivity contribution in [2.75, 3.05) is 25.5 Å². The molecule has 2 aromatic heterocycles. The Hall–Kier alpha value is -0.920. The third-order valence-corrected chi connectivity index (χ3v) is 4.73. The predicted molar refractivity (Wildman–Crippen MR) is 82.2 cm³/mol. The number of hydrogen-bond acceptors (Lipinski definition) is 5. The lowest BCUT2D eigenvalue weighted by Gasteiger charge is -2.05. The van der Waals surface area contributed by atoms with Crippen LogP contribution in [0.5, 0.6) is 0 Å². The molecule has 2 rings (SSSR count). The van der Waals surface area contributed by atoms with Gasteiger partial charge in [0.2, 0.25) is 0 Å². The Labute approximate surface area is 121 Å². The van der Waals surface area contributed by atoms with Crippen LogP contribution in [0.25, 0.3) is 9.53 Å². The number of amides is 1. The average molecular weight is 346 g/mol. The summed E-state index contributed by atoms with van der Waals surface area (Å²) < 4.78 is 1.80. The molecule has 0 atom stereocenters. The SMILES string of the molecule is C=C(Br)CNC(=O)c1cc2sc(N(C)C)nc2s1. The molecule has 0 fully saturated rings. The van der Waals surface area contributed by atoms with Gasteiger partial charge in [-0.2, -0.15) is 0 Å². The summed E-state index contributed by atoms with van der Waals surface area (Å²) >= 11 is 6.20. The van der Waals surface area contributed by atoms with Crippen molar-refractivity contribution in [1.29, 1.82) is 0 Å². The van der Waals surface area contributed by atoms with Gasteiger partial charge in [0.05, 0.1) is 9.58 Å². The molecule has 0 aliphatic rings. The van der Waals surface area contributed by atoms with E-state index in [9.17, 15) is 4.79 Å². The smallest absolute Gasteiger partial charge is 0.261 e. The van der Waals surface area contributed by atoms with E-state index in [0.29, 0.717) is 11.4 Å². The standard InChI is InChI=1S/C11H12BrN3OS2/c1-6(12)5-13-9(16)7-4-8-10(17-7)14-11(18-8)15(2)3/h4H,1,5H2,2-3H3,(H,13,16). The first kappa shape index (κ1) is 13.5. The summed E-state index contributed by atoms with van der Waals surface area (Å²) in [6.07, 6.45) is 0. The summed E-state index contributed by atoms with van der Waals surface area (Å²) in [7, 11) is 3.91. The maximum Gasteiger partial charge on any atom is 0.261 e. The van der Waals surface area contributed by atoms with Crippen molar-refractivity contribution >= 4 is 59.2 Å². The van der Waals surface area contributed by atoms with Crippen LogP contribution in [0.4, 0.5) is 5.13 Å². The van der Waals surface area contributed by atoms with Gasteiger partial charge in [0.1, 0.15) is 4.83 Å². The molecule has 0 saturated carbocycles. The molecule has 0 spiro atoms. The molecule has 7 heteroatoms. The molecule has 1 amide bonds. The van der Waals surface area contributed by atoms with Gasteiger partial charge in [-0.05, 0) is 6.07 Å². The van der Waals surface area contributed by atoms with Crippen LogP contribution in [0, 0.1) is 0 Å². The quantitative estimate of drug-likeness (QED) is 0.926. The highest BCUT2D eigenvalue weighted by atomic mass is 79.9. The molecule has 0 aromatic carbocycles. The van der Waals surface area contributed by atoms with Crippen molar-refractivity contribution in [3.63, 3.8) is 0 Å². The molecule has 96 valence electrons. The number of anilines is 1. The molecule has 2 heterocycles. The minimum atomic E-state index is -0.0859. The second-order valence-electron chi connectivity index (χ2n) is 3.87. The molecule has 18 heavy (non-hydrogen) atoms. The van der Waals surface area contributed by atoms with Crippen LogP contribution in [-0.2, 0) is 0 Å². The van der Waals surface area contributed by atoms with Crippen molar-refractivity contribution in [2.45, 2.75) is 0 Å². The Bertz CT molecular complexity index is 571. The normalized spacial score (nSPS) is 10.6. The number of thiazole rings is 1. The van der Waals surface area contributed by atoms with Gasteiger partial charge in [0, 0.05) is 25.1 Å². The van der Waals surface area contributed by atoms with E-state index < -0.39 is 0 Å². The topological polar surface area (TPSA) is 45.2 Å². The van der Waals surface area contributed by atoms with Crippen molar-refractivity contribution in [2.24, 2.45) is 0 Å². The van der Waals surface area contributed by atoms with Crippen molar-refractivity contribution < 1.29 is 4.79 Å². The van der Waals surface area contributed by atoms with Gasteiger partial charge in [-0.25, -0.2) is 4.98 Å². The number of nitrogens with zero attached hydrogens (tertiary/aromatic N) is 2. The van der Waals surface area contributed by atoms with Crippen LogP contribution >= 0.6 is 38.6 Å². The molecule has 4 nitrogen and oxygen atoms in total. The molecule has 0 aliphatic carbocycles. The zero-order chi connectivity index (χ0) is 13.3. The number of aromatic nitrogens is 1. The molecule has 0 aliphatic heterocycles. The van der Waals surface area contributed by atoms with Gasteiger partial charge in [-0.15, -0.1) is 11.3 Å². The van der Waals surface area contributed by atoms with Crippen molar-refractivity contribution in [1.82, 2.24) is 10.3 Å². The second kappa shape index (κ2) is 5.38. The van der Waals surface area contributed by atoms with Gasteiger partial charge in [0.15, 0.2) is 5.13 Å². The zero-order valence-corrected chi connectivity index (χ0v) is 13.2. The number of nitrogens with one attached hydrogen (secondary N) is 1. The highest BCUT2D eigenvalue weighted by Gasteiger charge is 2.14. The molecular formula is C11H12BrN3OS2. The van der Waals surface area contributed by atoms with E-state index in [0.717, 1.165) is 19.1 Å². The lowest BCUT2D eigenvalue weighted by molar-refractivity contribution is 0.0962. The van der Waals surface area contributed by atoms with Crippen LogP contribution in [-0.4, -0.2) is 31.5 Å². The Kier molecular flexibility index (Phi) is 4.04. The number of thiophene rings is 1. The van der Waals surface area contributed by atoms with E-state index in [2.05, 4.69) is 32.8 Å². The van der Waals surface area contributed by atoms with Gasteiger partial charge in [-0.3, -0.25) is 4.79 Å². The summed E-state index contributed by atoms with van der Waals surface area (Å²) in [4.78, 5) is 19.9. The zero-order valence-electron chi connectivity index (χ0n) is 9.99. The third kappa shape index (κ3) is 2.90. The van der Waals surface area contributed by atoms with Crippen LogP contribution in [0.2, 0.25) is 0 Å². The second-order valence-corrected chi connectivity index (χ2v) is 7.03. The van der Waals surface area contributed by atoms with E-state index in [-0.39, 0.29) is 5.91 Å². The number of carbonyl (C=O) groups excluding carboxylic acids is 1. The highest BCUT2D eigenvalue weighted by molar-refractivity contribution is 9.11. The minimum absolute atomic E-state index is 0.0859. The van der Waals surface area contributed by atoms with E-state index in [1.165, 1.54) is 11.3 Å². The molecule has 0 bridgehead atoms. The number of fused-ring (bicyclic) bond motifs is 1. The Morgan fingerprint density at radius 2 is 2.28 bits per heavy atom. The van der Waals surface area contributed by atoms with Crippen LogP contribution in [0.1, 0.15) is 9.67 Å². The maximum absolute atomic E-state index is 11.8. The Morgan fingerprint density at radius 3 is 2.83 bits per heavy atom. The van der Waals surface area contributed by atoms with E-state index >= 15 is 0 Å². The first-order valence-corrected chi connectivity index (χ1v) is 7.59. The summed E-state index contributed by atoms with van der Waals surface area (Å²) in [5, 5.41) is 3.73. The lowest BCUT2D eigenvalue weighted by Crippen LogP contribution is -2.23. The summed E-state index contributed by atoms with van der Waals surface area (Å²) in [5.41, 5.74) is 0. The molecule has 0 radical (unpaired) electrons. The molecule has 0 saturated heterocycles. The Balaban J connectivity index is 2.18. The third-order valence-electron chi connectivity index (χ3n) is 2.13. The van der Waals surface area contributed by atoms with Gasteiger partial charge >= 0.3 is 0 Å². The summed E-state index contributed by atoms with van der Waals surface area (Å²) in [6.45, 7) is 4.11. The predicted octanol–water partition coefficient (Wildman–Crippen LogP) is 3.06. The number of rotatable bonds is 4. The molecule has 2 aromatic rings. The first-order chi connectivity index (χ1) is 8.47. The fraction of sp³-hybridized carbons (Fsp3) is 0.273. The summed E-state index contributed by atoms with van der Waals surface area (Å²) in [5.74, 6) is -0.0859. The average Bonchev–Trinajstić information content (AvgIpc) is 2.82. The number of carbonyl (C=O) groups is 1. The molecule has 0 unspecified atom stereocenters. The fourth-order valence-corrected chi connectivity index (χ4v) is 3.48. The number of halogens is 1. The van der Waals surface area contributed by atoms with Gasteiger partial charge < -0.3 is 10.2 Å². The van der Waals surface area contributed by atoms with Crippen LogP contribution in [0.3, 0.4) is 0 Å². The van der Waals surface area contributed by atoms with E-state index in [1.807, 2.05) is 25.1 Å². The first-order valence-electron chi connectivity index (χ1n) is 5.16.